The second-order valence-electron chi connectivity index (χ2n) is 7.42. The third-order valence-corrected chi connectivity index (χ3v) is 5.52. The average Bonchev–Trinajstić information content (AvgIpc) is 3.06. The first-order valence-electron chi connectivity index (χ1n) is 9.86. The van der Waals surface area contributed by atoms with Crippen LogP contribution in [0.15, 0.2) is 72.4 Å². The zero-order valence-electron chi connectivity index (χ0n) is 17.5. The first-order valence-corrected chi connectivity index (χ1v) is 9.86. The number of benzene rings is 2. The number of nitrogens with zero attached hydrogens (tertiary/aromatic N) is 2. The van der Waals surface area contributed by atoms with Crippen molar-refractivity contribution in [3.63, 3.8) is 0 Å². The number of ether oxygens (including phenoxy) is 1. The Bertz CT molecular complexity index is 1200. The molecule has 1 N–H and O–H groups in total. The van der Waals surface area contributed by atoms with Crippen molar-refractivity contribution in [2.24, 2.45) is 0 Å². The number of aliphatic hydroxyl groups excluding tert-OH is 1. The van der Waals surface area contributed by atoms with Crippen LogP contribution in [0.25, 0.3) is 5.76 Å². The summed E-state index contributed by atoms with van der Waals surface area (Å²) in [5.41, 5.74) is 3.49. The van der Waals surface area contributed by atoms with Gasteiger partial charge in [0.05, 0.1) is 18.4 Å². The third-order valence-electron chi connectivity index (χ3n) is 5.52. The third kappa shape index (κ3) is 3.57. The lowest BCUT2D eigenvalue weighted by molar-refractivity contribution is -0.132. The number of hydrogen-bond donors (Lipinski definition) is 1. The van der Waals surface area contributed by atoms with Crippen molar-refractivity contribution in [1.29, 1.82) is 0 Å². The van der Waals surface area contributed by atoms with E-state index < -0.39 is 17.7 Å². The van der Waals surface area contributed by atoms with Gasteiger partial charge in [-0.1, -0.05) is 24.3 Å². The molecule has 6 heteroatoms. The molecule has 3 aromatic rings. The van der Waals surface area contributed by atoms with E-state index in [0.29, 0.717) is 22.7 Å². The summed E-state index contributed by atoms with van der Waals surface area (Å²) >= 11 is 0. The summed E-state index contributed by atoms with van der Waals surface area (Å²) in [6.07, 6.45) is 1.59. The standard InChI is InChI=1S/C25H22N2O4/c1-15-10-11-17(13-16(15)2)23(28)21-22(20-9-4-5-12-26-20)27(25(30)24(21)29)18-7-6-8-19(14-18)31-3/h4-14,22,28H,1-3H3/b23-21+. The lowest BCUT2D eigenvalue weighted by Crippen LogP contribution is -2.29. The Morgan fingerprint density at radius 3 is 2.48 bits per heavy atom. The number of anilines is 1. The fourth-order valence-electron chi connectivity index (χ4n) is 3.72. The summed E-state index contributed by atoms with van der Waals surface area (Å²) in [7, 11) is 1.53. The van der Waals surface area contributed by atoms with Crippen molar-refractivity contribution in [1.82, 2.24) is 4.98 Å². The molecule has 2 heterocycles. The van der Waals surface area contributed by atoms with E-state index in [0.717, 1.165) is 11.1 Å². The zero-order chi connectivity index (χ0) is 22.1. The van der Waals surface area contributed by atoms with Crippen LogP contribution in [0.5, 0.6) is 5.75 Å². The number of aromatic nitrogens is 1. The number of methoxy groups -OCH3 is 1. The van der Waals surface area contributed by atoms with Crippen molar-refractivity contribution in [3.8, 4) is 5.75 Å². The maximum absolute atomic E-state index is 13.1. The van der Waals surface area contributed by atoms with Gasteiger partial charge in [-0.25, -0.2) is 0 Å². The first-order chi connectivity index (χ1) is 14.9. The first kappa shape index (κ1) is 20.3. The van der Waals surface area contributed by atoms with Gasteiger partial charge < -0.3 is 9.84 Å². The quantitative estimate of drug-likeness (QED) is 0.390. The molecular formula is C25H22N2O4. The lowest BCUT2D eigenvalue weighted by Gasteiger charge is -2.25. The van der Waals surface area contributed by atoms with Crippen LogP contribution in [-0.4, -0.2) is 28.9 Å². The van der Waals surface area contributed by atoms with Crippen molar-refractivity contribution < 1.29 is 19.4 Å². The number of carbonyl (C=O) groups excluding carboxylic acids is 2. The van der Waals surface area contributed by atoms with Gasteiger partial charge in [0.2, 0.25) is 0 Å². The molecule has 1 aliphatic heterocycles. The predicted octanol–water partition coefficient (Wildman–Crippen LogP) is 4.33. The second-order valence-corrected chi connectivity index (χ2v) is 7.42. The molecule has 0 spiro atoms. The lowest BCUT2D eigenvalue weighted by atomic mass is 9.96. The van der Waals surface area contributed by atoms with Crippen LogP contribution in [0.2, 0.25) is 0 Å². The van der Waals surface area contributed by atoms with E-state index >= 15 is 0 Å². The van der Waals surface area contributed by atoms with Crippen molar-refractivity contribution >= 4 is 23.1 Å². The average molecular weight is 414 g/mol. The highest BCUT2D eigenvalue weighted by atomic mass is 16.5. The molecule has 1 atom stereocenters. The Labute approximate surface area is 180 Å². The number of aryl methyl sites for hydroxylation is 2. The van der Waals surface area contributed by atoms with Crippen LogP contribution in [0.3, 0.4) is 0 Å². The van der Waals surface area contributed by atoms with E-state index in [9.17, 15) is 14.7 Å². The summed E-state index contributed by atoms with van der Waals surface area (Å²) < 4.78 is 5.29. The zero-order valence-corrected chi connectivity index (χ0v) is 17.5. The van der Waals surface area contributed by atoms with Crippen molar-refractivity contribution in [2.45, 2.75) is 19.9 Å². The molecule has 1 aromatic heterocycles. The fraction of sp³-hybridized carbons (Fsp3) is 0.160. The van der Waals surface area contributed by atoms with Crippen molar-refractivity contribution in [2.75, 3.05) is 12.0 Å². The number of ketones is 1. The Morgan fingerprint density at radius 2 is 1.81 bits per heavy atom. The summed E-state index contributed by atoms with van der Waals surface area (Å²) in [5.74, 6) is -1.15. The van der Waals surface area contributed by atoms with Gasteiger partial charge >= 0.3 is 0 Å². The SMILES string of the molecule is COc1cccc(N2C(=O)C(=O)/C(=C(/O)c3ccc(C)c(C)c3)C2c2ccccn2)c1. The van der Waals surface area contributed by atoms with Gasteiger partial charge in [0.15, 0.2) is 0 Å². The van der Waals surface area contributed by atoms with Crippen LogP contribution >= 0.6 is 0 Å². The van der Waals surface area contributed by atoms with Crippen LogP contribution in [0.1, 0.15) is 28.4 Å². The molecular weight excluding hydrogens is 392 g/mol. The van der Waals surface area contributed by atoms with E-state index in [1.165, 1.54) is 12.0 Å². The van der Waals surface area contributed by atoms with Gasteiger partial charge in [-0.2, -0.15) is 0 Å². The molecule has 6 nitrogen and oxygen atoms in total. The molecule has 4 rings (SSSR count). The second kappa shape index (κ2) is 8.07. The predicted molar refractivity (Wildman–Crippen MR) is 118 cm³/mol. The summed E-state index contributed by atoms with van der Waals surface area (Å²) in [6, 6.07) is 16.7. The summed E-state index contributed by atoms with van der Waals surface area (Å²) in [6.45, 7) is 3.89. The highest BCUT2D eigenvalue weighted by Gasteiger charge is 2.47. The number of aliphatic hydroxyl groups is 1. The van der Waals surface area contributed by atoms with Crippen LogP contribution in [0.4, 0.5) is 5.69 Å². The van der Waals surface area contributed by atoms with E-state index in [1.807, 2.05) is 19.9 Å². The maximum atomic E-state index is 13.1. The minimum atomic E-state index is -0.866. The molecule has 1 aliphatic rings. The Kier molecular flexibility index (Phi) is 5.29. The Balaban J connectivity index is 1.94. The molecule has 1 amide bonds. The monoisotopic (exact) mass is 414 g/mol. The Morgan fingerprint density at radius 1 is 1.00 bits per heavy atom. The normalized spacial score (nSPS) is 17.8. The van der Waals surface area contributed by atoms with Crippen molar-refractivity contribution in [3.05, 3.63) is 94.8 Å². The van der Waals surface area contributed by atoms with E-state index in [4.69, 9.17) is 4.74 Å². The largest absolute Gasteiger partial charge is 0.507 e. The number of carbonyl (C=O) groups is 2. The minimum Gasteiger partial charge on any atom is -0.507 e. The summed E-state index contributed by atoms with van der Waals surface area (Å²) in [4.78, 5) is 32.0. The molecule has 0 saturated carbocycles. The van der Waals surface area contributed by atoms with Crippen LogP contribution in [-0.2, 0) is 9.59 Å². The molecule has 1 fully saturated rings. The highest BCUT2D eigenvalue weighted by molar-refractivity contribution is 6.51. The van der Waals surface area contributed by atoms with Gasteiger partial charge in [0.1, 0.15) is 17.6 Å². The molecule has 0 bridgehead atoms. The maximum Gasteiger partial charge on any atom is 0.300 e. The van der Waals surface area contributed by atoms with E-state index in [-0.39, 0.29) is 11.3 Å². The smallest absolute Gasteiger partial charge is 0.300 e. The van der Waals surface area contributed by atoms with E-state index in [1.54, 1.807) is 60.8 Å². The summed E-state index contributed by atoms with van der Waals surface area (Å²) in [5, 5.41) is 11.1. The number of amides is 1. The highest BCUT2D eigenvalue weighted by Crippen LogP contribution is 2.42. The number of rotatable bonds is 4. The molecule has 2 aromatic carbocycles. The number of hydrogen-bond acceptors (Lipinski definition) is 5. The molecule has 156 valence electrons. The number of Topliss-reactive ketones (excluding diaryl/α,β-unsaturated/α-hetero) is 1. The van der Waals surface area contributed by atoms with Gasteiger partial charge in [-0.3, -0.25) is 19.5 Å². The van der Waals surface area contributed by atoms with Gasteiger partial charge in [-0.05, 0) is 55.3 Å². The molecule has 0 radical (unpaired) electrons. The molecule has 0 aliphatic carbocycles. The number of pyridine rings is 1. The fourth-order valence-corrected chi connectivity index (χ4v) is 3.72. The topological polar surface area (TPSA) is 79.7 Å². The van der Waals surface area contributed by atoms with Gasteiger partial charge in [0.25, 0.3) is 11.7 Å². The molecule has 1 unspecified atom stereocenters. The minimum absolute atomic E-state index is 0.00905. The van der Waals surface area contributed by atoms with Crippen LogP contribution < -0.4 is 9.64 Å². The van der Waals surface area contributed by atoms with Gasteiger partial charge in [0, 0.05) is 23.5 Å². The van der Waals surface area contributed by atoms with Gasteiger partial charge in [-0.15, -0.1) is 0 Å². The van der Waals surface area contributed by atoms with Crippen LogP contribution in [0, 0.1) is 13.8 Å². The molecule has 1 saturated heterocycles. The molecule has 31 heavy (non-hydrogen) atoms. The Hall–Kier alpha value is -3.93. The van der Waals surface area contributed by atoms with E-state index in [2.05, 4.69) is 4.98 Å².